The van der Waals surface area contributed by atoms with Gasteiger partial charge in [-0.3, -0.25) is 4.79 Å². The summed E-state index contributed by atoms with van der Waals surface area (Å²) in [5.74, 6) is 0. The zero-order valence-electron chi connectivity index (χ0n) is 11.3. The van der Waals surface area contributed by atoms with E-state index in [1.165, 1.54) is 4.57 Å². The van der Waals surface area contributed by atoms with Crippen molar-refractivity contribution in [1.29, 1.82) is 0 Å². The highest BCUT2D eigenvalue weighted by atomic mass is 79.9. The molecule has 1 amide bonds. The van der Waals surface area contributed by atoms with Crippen LogP contribution in [-0.4, -0.2) is 22.8 Å². The number of hydrogen-bond donors (Lipinski definition) is 2. The van der Waals surface area contributed by atoms with Crippen LogP contribution in [0.15, 0.2) is 21.5 Å². The van der Waals surface area contributed by atoms with Gasteiger partial charge >= 0.3 is 6.09 Å². The van der Waals surface area contributed by atoms with E-state index in [-0.39, 0.29) is 17.7 Å². The Hall–Kier alpha value is -1.50. The van der Waals surface area contributed by atoms with Gasteiger partial charge in [-0.25, -0.2) is 4.79 Å². The first-order valence-electron chi connectivity index (χ1n) is 6.54. The van der Waals surface area contributed by atoms with E-state index in [2.05, 4.69) is 21.2 Å². The summed E-state index contributed by atoms with van der Waals surface area (Å²) in [6.45, 7) is 0. The lowest BCUT2D eigenvalue weighted by Gasteiger charge is -2.29. The number of primary amides is 1. The van der Waals surface area contributed by atoms with Gasteiger partial charge in [0.1, 0.15) is 6.10 Å². The van der Waals surface area contributed by atoms with Gasteiger partial charge in [0.2, 0.25) is 0 Å². The van der Waals surface area contributed by atoms with Gasteiger partial charge in [0.15, 0.2) is 0 Å². The van der Waals surface area contributed by atoms with Gasteiger partial charge in [0.05, 0.1) is 10.2 Å². The third-order valence-corrected chi connectivity index (χ3v) is 4.13. The number of aromatic nitrogens is 1. The topological polar surface area (TPSA) is 86.3 Å². The van der Waals surface area contributed by atoms with Gasteiger partial charge in [-0.1, -0.05) is 0 Å². The second-order valence-corrected chi connectivity index (χ2v) is 5.89. The molecule has 110 valence electrons. The molecule has 20 heavy (non-hydrogen) atoms. The van der Waals surface area contributed by atoms with Crippen LogP contribution < -0.4 is 16.6 Å². The first-order chi connectivity index (χ1) is 9.45. The first kappa shape index (κ1) is 14.9. The van der Waals surface area contributed by atoms with E-state index in [0.29, 0.717) is 0 Å². The van der Waals surface area contributed by atoms with Crippen LogP contribution in [0.5, 0.6) is 0 Å². The molecule has 0 aliphatic heterocycles. The van der Waals surface area contributed by atoms with E-state index in [0.717, 1.165) is 35.8 Å². The molecule has 1 aliphatic carbocycles. The molecule has 0 bridgehead atoms. The SMILES string of the molecule is Cn1cc(Br)c(NC2CCC(OC(N)=O)CC2)cc1=O. The van der Waals surface area contributed by atoms with Crippen LogP contribution in [0, 0.1) is 0 Å². The molecule has 0 aromatic carbocycles. The fourth-order valence-corrected chi connectivity index (χ4v) is 2.95. The molecule has 1 aromatic heterocycles. The quantitative estimate of drug-likeness (QED) is 0.878. The Morgan fingerprint density at radius 2 is 2.10 bits per heavy atom. The van der Waals surface area contributed by atoms with Crippen LogP contribution in [0.3, 0.4) is 0 Å². The van der Waals surface area contributed by atoms with Crippen molar-refractivity contribution in [1.82, 2.24) is 4.57 Å². The van der Waals surface area contributed by atoms with Crippen molar-refractivity contribution in [2.24, 2.45) is 12.8 Å². The molecule has 1 fully saturated rings. The highest BCUT2D eigenvalue weighted by Gasteiger charge is 2.23. The molecule has 0 atom stereocenters. The van der Waals surface area contributed by atoms with Crippen LogP contribution in [0.1, 0.15) is 25.7 Å². The van der Waals surface area contributed by atoms with Gasteiger partial charge in [0.25, 0.3) is 5.56 Å². The van der Waals surface area contributed by atoms with Crippen LogP contribution in [0.2, 0.25) is 0 Å². The lowest BCUT2D eigenvalue weighted by molar-refractivity contribution is 0.0806. The van der Waals surface area contributed by atoms with Crippen LogP contribution >= 0.6 is 15.9 Å². The fraction of sp³-hybridized carbons (Fsp3) is 0.538. The minimum absolute atomic E-state index is 0.0542. The lowest BCUT2D eigenvalue weighted by Crippen LogP contribution is -2.32. The summed E-state index contributed by atoms with van der Waals surface area (Å²) in [4.78, 5) is 22.3. The Morgan fingerprint density at radius 3 is 2.70 bits per heavy atom. The number of pyridine rings is 1. The molecule has 2 rings (SSSR count). The minimum atomic E-state index is -0.712. The fourth-order valence-electron chi connectivity index (χ4n) is 2.42. The van der Waals surface area contributed by atoms with Gasteiger partial charge in [-0.2, -0.15) is 0 Å². The van der Waals surface area contributed by atoms with Crippen molar-refractivity contribution < 1.29 is 9.53 Å². The van der Waals surface area contributed by atoms with E-state index in [9.17, 15) is 9.59 Å². The van der Waals surface area contributed by atoms with E-state index in [1.807, 2.05) is 0 Å². The third-order valence-electron chi connectivity index (χ3n) is 3.50. The summed E-state index contributed by atoms with van der Waals surface area (Å²) in [6, 6.07) is 1.85. The monoisotopic (exact) mass is 343 g/mol. The lowest BCUT2D eigenvalue weighted by atomic mass is 9.93. The normalized spacial score (nSPS) is 22.3. The molecular weight excluding hydrogens is 326 g/mol. The van der Waals surface area contributed by atoms with Gasteiger partial charge in [-0.15, -0.1) is 0 Å². The first-order valence-corrected chi connectivity index (χ1v) is 7.34. The van der Waals surface area contributed by atoms with Crippen LogP contribution in [0.4, 0.5) is 10.5 Å². The highest BCUT2D eigenvalue weighted by Crippen LogP contribution is 2.27. The third kappa shape index (κ3) is 3.75. The number of carbonyl (C=O) groups is 1. The van der Waals surface area contributed by atoms with E-state index < -0.39 is 6.09 Å². The van der Waals surface area contributed by atoms with Crippen molar-refractivity contribution in [3.05, 3.63) is 27.1 Å². The van der Waals surface area contributed by atoms with Crippen molar-refractivity contribution in [3.63, 3.8) is 0 Å². The number of nitrogens with one attached hydrogen (secondary N) is 1. The number of aryl methyl sites for hydroxylation is 1. The van der Waals surface area contributed by atoms with Gasteiger partial charge < -0.3 is 20.4 Å². The Balaban J connectivity index is 1.94. The average molecular weight is 344 g/mol. The summed E-state index contributed by atoms with van der Waals surface area (Å²) in [5, 5.41) is 3.36. The smallest absolute Gasteiger partial charge is 0.404 e. The number of anilines is 1. The molecule has 0 radical (unpaired) electrons. The molecule has 0 saturated heterocycles. The zero-order valence-corrected chi connectivity index (χ0v) is 12.9. The second kappa shape index (κ2) is 6.30. The number of amides is 1. The molecule has 0 spiro atoms. The van der Waals surface area contributed by atoms with E-state index in [1.54, 1.807) is 19.3 Å². The molecule has 0 unspecified atom stereocenters. The Labute approximate surface area is 125 Å². The average Bonchev–Trinajstić information content (AvgIpc) is 2.37. The number of rotatable bonds is 3. The number of nitrogens with zero attached hydrogens (tertiary/aromatic N) is 1. The van der Waals surface area contributed by atoms with Gasteiger partial charge in [-0.05, 0) is 41.6 Å². The Morgan fingerprint density at radius 1 is 1.45 bits per heavy atom. The summed E-state index contributed by atoms with van der Waals surface area (Å²) in [7, 11) is 1.71. The minimum Gasteiger partial charge on any atom is -0.446 e. The zero-order chi connectivity index (χ0) is 14.7. The van der Waals surface area contributed by atoms with Crippen molar-refractivity contribution in [2.75, 3.05) is 5.32 Å². The van der Waals surface area contributed by atoms with E-state index >= 15 is 0 Å². The largest absolute Gasteiger partial charge is 0.446 e. The molecule has 1 heterocycles. The van der Waals surface area contributed by atoms with Crippen molar-refractivity contribution >= 4 is 27.7 Å². The molecule has 1 saturated carbocycles. The number of carbonyl (C=O) groups excluding carboxylic acids is 1. The number of halogens is 1. The molecule has 1 aromatic rings. The number of nitrogens with two attached hydrogens (primary N) is 1. The Kier molecular flexibility index (Phi) is 4.69. The molecular formula is C13H18BrN3O3. The molecule has 1 aliphatic rings. The molecule has 7 heteroatoms. The highest BCUT2D eigenvalue weighted by molar-refractivity contribution is 9.10. The van der Waals surface area contributed by atoms with E-state index in [4.69, 9.17) is 10.5 Å². The van der Waals surface area contributed by atoms with Crippen molar-refractivity contribution in [3.8, 4) is 0 Å². The standard InChI is InChI=1S/C13H18BrN3O3/c1-17-7-10(14)11(6-12(17)18)16-8-2-4-9(5-3-8)20-13(15)19/h6-9,16H,2-5H2,1H3,(H2,15,19). The number of hydrogen-bond acceptors (Lipinski definition) is 4. The van der Waals surface area contributed by atoms with Crippen LogP contribution in [-0.2, 0) is 11.8 Å². The maximum atomic E-state index is 11.6. The summed E-state index contributed by atoms with van der Waals surface area (Å²) < 4.78 is 7.37. The van der Waals surface area contributed by atoms with Gasteiger partial charge in [0, 0.05) is 25.4 Å². The van der Waals surface area contributed by atoms with Crippen LogP contribution in [0.25, 0.3) is 0 Å². The maximum Gasteiger partial charge on any atom is 0.404 e. The summed E-state index contributed by atoms with van der Waals surface area (Å²) >= 11 is 3.44. The molecule has 3 N–H and O–H groups in total. The van der Waals surface area contributed by atoms with Crippen molar-refractivity contribution in [2.45, 2.75) is 37.8 Å². The summed E-state index contributed by atoms with van der Waals surface area (Å²) in [6.07, 6.45) is 4.26. The number of ether oxygens (including phenoxy) is 1. The maximum absolute atomic E-state index is 11.6. The predicted octanol–water partition coefficient (Wildman–Crippen LogP) is 1.97. The Bertz CT molecular complexity index is 550. The predicted molar refractivity (Wildman–Crippen MR) is 79.7 cm³/mol. The summed E-state index contributed by atoms with van der Waals surface area (Å²) in [5.41, 5.74) is 5.76. The molecule has 6 nitrogen and oxygen atoms in total. The second-order valence-electron chi connectivity index (χ2n) is 5.04.